The first kappa shape index (κ1) is 27.5. The van der Waals surface area contributed by atoms with Crippen LogP contribution in [0.25, 0.3) is 11.1 Å². The van der Waals surface area contributed by atoms with Crippen LogP contribution < -0.4 is 0 Å². The van der Waals surface area contributed by atoms with Gasteiger partial charge in [-0.05, 0) is 82.9 Å². The van der Waals surface area contributed by atoms with Gasteiger partial charge in [0.1, 0.15) is 0 Å². The first-order valence-corrected chi connectivity index (χ1v) is 16.6. The van der Waals surface area contributed by atoms with E-state index in [0.29, 0.717) is 0 Å². The molecule has 0 aromatic heterocycles. The molecule has 0 aliphatic rings. The molecule has 0 nitrogen and oxygen atoms in total. The van der Waals surface area contributed by atoms with E-state index in [9.17, 15) is 0 Å². The molecule has 0 saturated carbocycles. The van der Waals surface area contributed by atoms with Crippen molar-refractivity contribution >= 4 is 15.8 Å². The van der Waals surface area contributed by atoms with E-state index in [1.165, 1.54) is 48.1 Å². The van der Waals surface area contributed by atoms with Gasteiger partial charge in [0.25, 0.3) is 0 Å². The molecule has 178 valence electrons. The van der Waals surface area contributed by atoms with Crippen LogP contribution in [0, 0.1) is 23.7 Å². The normalized spacial score (nSPS) is 12.3. The highest BCUT2D eigenvalue weighted by atomic mass is 31.1. The minimum Gasteiger partial charge on any atom is -0.102 e. The third-order valence-electron chi connectivity index (χ3n) is 5.61. The van der Waals surface area contributed by atoms with Crippen molar-refractivity contribution in [2.45, 2.75) is 67.7 Å². The number of rotatable bonds is 13. The van der Waals surface area contributed by atoms with Gasteiger partial charge in [-0.25, -0.2) is 0 Å². The van der Waals surface area contributed by atoms with Gasteiger partial charge >= 0.3 is 0 Å². The molecule has 0 aliphatic heterocycles. The minimum atomic E-state index is 0.0318. The van der Waals surface area contributed by atoms with Crippen LogP contribution in [0.2, 0.25) is 0 Å². The van der Waals surface area contributed by atoms with Crippen molar-refractivity contribution in [1.29, 1.82) is 0 Å². The van der Waals surface area contributed by atoms with E-state index in [2.05, 4.69) is 104 Å². The Hall–Kier alpha value is -0.700. The van der Waals surface area contributed by atoms with Crippen molar-refractivity contribution in [3.05, 3.63) is 59.7 Å². The van der Waals surface area contributed by atoms with Crippen molar-refractivity contribution in [2.24, 2.45) is 23.7 Å². The molecule has 0 unspecified atom stereocenters. The topological polar surface area (TPSA) is 0 Å². The Morgan fingerprint density at radius 2 is 0.750 bits per heavy atom. The van der Waals surface area contributed by atoms with Crippen LogP contribution in [0.3, 0.4) is 0 Å². The third-order valence-corrected chi connectivity index (χ3v) is 12.2. The Morgan fingerprint density at radius 3 is 1.03 bits per heavy atom. The van der Waals surface area contributed by atoms with Crippen LogP contribution in [0.5, 0.6) is 0 Å². The molecule has 0 N–H and O–H groups in total. The lowest BCUT2D eigenvalue weighted by molar-refractivity contribution is 0.716. The third kappa shape index (κ3) is 9.65. The summed E-state index contributed by atoms with van der Waals surface area (Å²) in [5.41, 5.74) is 6.13. The summed E-state index contributed by atoms with van der Waals surface area (Å²) in [7, 11) is 0.0637. The maximum Gasteiger partial charge on any atom is -0.00667 e. The smallest absolute Gasteiger partial charge is 0.00667 e. The van der Waals surface area contributed by atoms with Crippen LogP contribution in [0.4, 0.5) is 0 Å². The summed E-state index contributed by atoms with van der Waals surface area (Å²) in [6.45, 7) is 19.1. The van der Waals surface area contributed by atoms with Crippen molar-refractivity contribution in [3.8, 4) is 11.1 Å². The molecular weight excluding hydrogens is 422 g/mol. The predicted octanol–water partition coefficient (Wildman–Crippen LogP) is 9.94. The quantitative estimate of drug-likeness (QED) is 0.255. The SMILES string of the molecule is CC(C)CP(Cc1ccccc1-c1ccccc1CP(CC(C)C)CC(C)C)CC(C)C. The summed E-state index contributed by atoms with van der Waals surface area (Å²) < 4.78 is 0. The lowest BCUT2D eigenvalue weighted by Crippen LogP contribution is -2.06. The van der Waals surface area contributed by atoms with Gasteiger partial charge in [-0.2, -0.15) is 0 Å². The second kappa shape index (κ2) is 13.9. The van der Waals surface area contributed by atoms with Gasteiger partial charge in [0, 0.05) is 0 Å². The average Bonchev–Trinajstić information content (AvgIpc) is 2.67. The zero-order chi connectivity index (χ0) is 23.7. The highest BCUT2D eigenvalue weighted by Gasteiger charge is 2.19. The Bertz CT molecular complexity index is 703. The molecule has 0 heterocycles. The van der Waals surface area contributed by atoms with Gasteiger partial charge in [0.05, 0.1) is 0 Å². The Morgan fingerprint density at radius 1 is 0.469 bits per heavy atom. The largest absolute Gasteiger partial charge is 0.102 e. The molecule has 0 saturated heterocycles. The van der Waals surface area contributed by atoms with E-state index in [0.717, 1.165) is 23.7 Å². The van der Waals surface area contributed by atoms with Gasteiger partial charge in [-0.1, -0.05) is 104 Å². The van der Waals surface area contributed by atoms with E-state index in [1.54, 1.807) is 11.1 Å². The lowest BCUT2D eigenvalue weighted by Gasteiger charge is -2.25. The molecule has 0 radical (unpaired) electrons. The van der Waals surface area contributed by atoms with Gasteiger partial charge in [0.2, 0.25) is 0 Å². The monoisotopic (exact) mass is 470 g/mol. The summed E-state index contributed by atoms with van der Waals surface area (Å²) in [5, 5.41) is 0. The highest BCUT2D eigenvalue weighted by molar-refractivity contribution is 7.57. The Balaban J connectivity index is 2.36. The number of benzene rings is 2. The summed E-state index contributed by atoms with van der Waals surface area (Å²) in [5.74, 6) is 3.15. The van der Waals surface area contributed by atoms with Crippen LogP contribution in [-0.2, 0) is 12.3 Å². The fourth-order valence-corrected chi connectivity index (χ4v) is 11.3. The fourth-order valence-electron chi connectivity index (χ4n) is 4.80. The maximum absolute atomic E-state index is 2.41. The van der Waals surface area contributed by atoms with E-state index in [4.69, 9.17) is 0 Å². The molecule has 2 aromatic rings. The molecule has 2 rings (SSSR count). The average molecular weight is 471 g/mol. The van der Waals surface area contributed by atoms with Crippen LogP contribution in [0.1, 0.15) is 66.5 Å². The van der Waals surface area contributed by atoms with Gasteiger partial charge < -0.3 is 0 Å². The zero-order valence-electron chi connectivity index (χ0n) is 22.1. The van der Waals surface area contributed by atoms with Crippen molar-refractivity contribution in [2.75, 3.05) is 24.6 Å². The van der Waals surface area contributed by atoms with Gasteiger partial charge in [-0.3, -0.25) is 0 Å². The van der Waals surface area contributed by atoms with E-state index in [1.807, 2.05) is 0 Å². The standard InChI is InChI=1S/C30H48P2/c1-23(2)17-31(18-24(3)4)21-27-13-9-11-15-29(27)30-16-12-10-14-28(30)22-32(19-25(5)6)20-26(7)8/h9-16,23-26H,17-22H2,1-8H3. The molecule has 2 heteroatoms. The van der Waals surface area contributed by atoms with Gasteiger partial charge in [-0.15, -0.1) is 15.8 Å². The predicted molar refractivity (Wildman–Crippen MR) is 152 cm³/mol. The van der Waals surface area contributed by atoms with Crippen LogP contribution in [0.15, 0.2) is 48.5 Å². The summed E-state index contributed by atoms with van der Waals surface area (Å²) in [6.07, 6.45) is 8.08. The first-order valence-electron chi connectivity index (χ1n) is 12.8. The molecule has 2 aromatic carbocycles. The van der Waals surface area contributed by atoms with Gasteiger partial charge in [0.15, 0.2) is 0 Å². The van der Waals surface area contributed by atoms with E-state index >= 15 is 0 Å². The van der Waals surface area contributed by atoms with E-state index in [-0.39, 0.29) is 15.8 Å². The molecule has 0 aliphatic carbocycles. The molecular formula is C30H48P2. The summed E-state index contributed by atoms with van der Waals surface area (Å²) in [4.78, 5) is 0. The van der Waals surface area contributed by atoms with Crippen LogP contribution in [-0.4, -0.2) is 24.6 Å². The zero-order valence-corrected chi connectivity index (χ0v) is 23.9. The number of hydrogen-bond donors (Lipinski definition) is 0. The molecule has 0 fully saturated rings. The molecule has 0 spiro atoms. The second-order valence-corrected chi connectivity index (χ2v) is 16.1. The summed E-state index contributed by atoms with van der Waals surface area (Å²) in [6, 6.07) is 18.6. The lowest BCUT2D eigenvalue weighted by atomic mass is 9.97. The Kier molecular flexibility index (Phi) is 11.9. The maximum atomic E-state index is 2.41. The molecule has 0 bridgehead atoms. The van der Waals surface area contributed by atoms with Crippen molar-refractivity contribution in [3.63, 3.8) is 0 Å². The van der Waals surface area contributed by atoms with Crippen molar-refractivity contribution < 1.29 is 0 Å². The fraction of sp³-hybridized carbons (Fsp3) is 0.600. The minimum absolute atomic E-state index is 0.0318. The number of hydrogen-bond acceptors (Lipinski definition) is 0. The van der Waals surface area contributed by atoms with Crippen molar-refractivity contribution in [1.82, 2.24) is 0 Å². The second-order valence-electron chi connectivity index (χ2n) is 11.3. The Labute approximate surface area is 202 Å². The molecule has 32 heavy (non-hydrogen) atoms. The molecule has 0 amide bonds. The van der Waals surface area contributed by atoms with Crippen LogP contribution >= 0.6 is 15.8 Å². The summed E-state index contributed by atoms with van der Waals surface area (Å²) >= 11 is 0. The first-order chi connectivity index (χ1) is 15.2. The molecule has 0 atom stereocenters. The highest BCUT2D eigenvalue weighted by Crippen LogP contribution is 2.47. The van der Waals surface area contributed by atoms with E-state index < -0.39 is 0 Å².